The first kappa shape index (κ1) is 11.7. The summed E-state index contributed by atoms with van der Waals surface area (Å²) in [6.45, 7) is 4.44. The molecule has 1 unspecified atom stereocenters. The summed E-state index contributed by atoms with van der Waals surface area (Å²) in [7, 11) is 0. The zero-order valence-corrected chi connectivity index (χ0v) is 10.6. The Morgan fingerprint density at radius 1 is 1.79 bits per heavy atom. The summed E-state index contributed by atoms with van der Waals surface area (Å²) >= 11 is 4.86. The highest BCUT2D eigenvalue weighted by atomic mass is 79.9. The lowest BCUT2D eigenvalue weighted by Crippen LogP contribution is -2.30. The summed E-state index contributed by atoms with van der Waals surface area (Å²) in [5.41, 5.74) is 1.00. The van der Waals surface area contributed by atoms with Crippen molar-refractivity contribution < 1.29 is 4.79 Å². The third-order valence-corrected chi connectivity index (χ3v) is 3.75. The van der Waals surface area contributed by atoms with Crippen molar-refractivity contribution >= 4 is 33.2 Å². The third kappa shape index (κ3) is 3.38. The first-order chi connectivity index (χ1) is 6.63. The van der Waals surface area contributed by atoms with E-state index in [2.05, 4.69) is 26.2 Å². The van der Waals surface area contributed by atoms with Gasteiger partial charge < -0.3 is 5.32 Å². The van der Waals surface area contributed by atoms with Crippen molar-refractivity contribution in [2.24, 2.45) is 0 Å². The van der Waals surface area contributed by atoms with Crippen LogP contribution >= 0.6 is 27.3 Å². The molecule has 0 saturated heterocycles. The van der Waals surface area contributed by atoms with Crippen LogP contribution in [0.1, 0.15) is 24.0 Å². The molecule has 0 aliphatic carbocycles. The number of hydrogen-bond acceptors (Lipinski definition) is 3. The van der Waals surface area contributed by atoms with Crippen LogP contribution in [0.25, 0.3) is 0 Å². The van der Waals surface area contributed by atoms with Crippen molar-refractivity contribution in [3.05, 3.63) is 16.1 Å². The molecule has 0 aliphatic heterocycles. The summed E-state index contributed by atoms with van der Waals surface area (Å²) in [4.78, 5) is 15.5. The molecule has 1 amide bonds. The maximum absolute atomic E-state index is 11.4. The van der Waals surface area contributed by atoms with E-state index in [9.17, 15) is 4.79 Å². The number of alkyl halides is 1. The molecule has 1 aromatic rings. The molecule has 1 atom stereocenters. The molecule has 0 aromatic carbocycles. The van der Waals surface area contributed by atoms with E-state index in [0.717, 1.165) is 17.1 Å². The van der Waals surface area contributed by atoms with Crippen molar-refractivity contribution in [2.45, 2.75) is 31.6 Å². The zero-order chi connectivity index (χ0) is 10.6. The molecule has 1 rings (SSSR count). The van der Waals surface area contributed by atoms with Crippen LogP contribution < -0.4 is 5.32 Å². The lowest BCUT2D eigenvalue weighted by Gasteiger charge is -2.06. The van der Waals surface area contributed by atoms with Crippen LogP contribution in [-0.2, 0) is 11.3 Å². The van der Waals surface area contributed by atoms with Crippen LogP contribution in [0.5, 0.6) is 0 Å². The Balaban J connectivity index is 2.37. The van der Waals surface area contributed by atoms with E-state index in [0.29, 0.717) is 6.54 Å². The molecule has 0 spiro atoms. The van der Waals surface area contributed by atoms with E-state index in [1.807, 2.05) is 19.2 Å². The molecule has 3 nitrogen and oxygen atoms in total. The van der Waals surface area contributed by atoms with Crippen molar-refractivity contribution in [2.75, 3.05) is 0 Å². The summed E-state index contributed by atoms with van der Waals surface area (Å²) in [6, 6.07) is 0. The average molecular weight is 277 g/mol. The summed E-state index contributed by atoms with van der Waals surface area (Å²) in [5, 5.41) is 5.75. The number of amides is 1. The molecule has 78 valence electrons. The number of rotatable bonds is 4. The topological polar surface area (TPSA) is 42.0 Å². The maximum Gasteiger partial charge on any atom is 0.234 e. The van der Waals surface area contributed by atoms with Gasteiger partial charge in [-0.25, -0.2) is 4.98 Å². The summed E-state index contributed by atoms with van der Waals surface area (Å²) in [6.07, 6.45) is 0.794. The van der Waals surface area contributed by atoms with Gasteiger partial charge in [0.1, 0.15) is 5.01 Å². The Bertz CT molecular complexity index is 314. The van der Waals surface area contributed by atoms with Gasteiger partial charge in [0.15, 0.2) is 0 Å². The number of halogens is 1. The molecule has 0 bridgehead atoms. The Labute approximate surface area is 96.1 Å². The SMILES string of the molecule is CCC(Br)C(=O)NCc1nc(C)cs1. The van der Waals surface area contributed by atoms with Gasteiger partial charge in [0, 0.05) is 11.1 Å². The fourth-order valence-corrected chi connectivity index (χ4v) is 1.82. The van der Waals surface area contributed by atoms with Crippen LogP contribution in [0.15, 0.2) is 5.38 Å². The van der Waals surface area contributed by atoms with Crippen molar-refractivity contribution in [3.63, 3.8) is 0 Å². The predicted octanol–water partition coefficient (Wildman–Crippen LogP) is 2.24. The van der Waals surface area contributed by atoms with E-state index in [1.54, 1.807) is 11.3 Å². The van der Waals surface area contributed by atoms with Gasteiger partial charge in [0.25, 0.3) is 0 Å². The Hall–Kier alpha value is -0.420. The van der Waals surface area contributed by atoms with Gasteiger partial charge in [-0.05, 0) is 13.3 Å². The number of aryl methyl sites for hydroxylation is 1. The number of thiazole rings is 1. The number of carbonyl (C=O) groups excluding carboxylic acids is 1. The standard InChI is InChI=1S/C9H13BrN2OS/c1-3-7(10)9(13)11-4-8-12-6(2)5-14-8/h5,7H,3-4H2,1-2H3,(H,11,13). The fraction of sp³-hybridized carbons (Fsp3) is 0.556. The van der Waals surface area contributed by atoms with Gasteiger partial charge in [0.05, 0.1) is 11.4 Å². The minimum absolute atomic E-state index is 0.0281. The highest BCUT2D eigenvalue weighted by Crippen LogP contribution is 2.09. The van der Waals surface area contributed by atoms with Crippen molar-refractivity contribution in [3.8, 4) is 0 Å². The number of carbonyl (C=O) groups is 1. The second-order valence-electron chi connectivity index (χ2n) is 2.98. The molecule has 1 heterocycles. The summed E-state index contributed by atoms with van der Waals surface area (Å²) in [5.74, 6) is 0.0281. The molecule has 1 N–H and O–H groups in total. The van der Waals surface area contributed by atoms with Crippen molar-refractivity contribution in [1.82, 2.24) is 10.3 Å². The largest absolute Gasteiger partial charge is 0.349 e. The second-order valence-corrected chi connectivity index (χ2v) is 5.02. The number of aromatic nitrogens is 1. The Kier molecular flexibility index (Phi) is 4.54. The van der Waals surface area contributed by atoms with E-state index in [1.165, 1.54) is 0 Å². The van der Waals surface area contributed by atoms with Crippen LogP contribution in [0.4, 0.5) is 0 Å². The van der Waals surface area contributed by atoms with Crippen LogP contribution in [0.2, 0.25) is 0 Å². The monoisotopic (exact) mass is 276 g/mol. The molecule has 0 aliphatic rings. The predicted molar refractivity (Wildman–Crippen MR) is 61.7 cm³/mol. The first-order valence-electron chi connectivity index (χ1n) is 4.46. The second kappa shape index (κ2) is 5.46. The van der Waals surface area contributed by atoms with Crippen LogP contribution in [-0.4, -0.2) is 15.7 Å². The summed E-state index contributed by atoms with van der Waals surface area (Å²) < 4.78 is 0. The minimum atomic E-state index is -0.0939. The first-order valence-corrected chi connectivity index (χ1v) is 6.25. The van der Waals surface area contributed by atoms with Gasteiger partial charge in [-0.2, -0.15) is 0 Å². The molecular weight excluding hydrogens is 264 g/mol. The normalized spacial score (nSPS) is 12.5. The highest BCUT2D eigenvalue weighted by Gasteiger charge is 2.11. The van der Waals surface area contributed by atoms with Crippen LogP contribution in [0.3, 0.4) is 0 Å². The van der Waals surface area contributed by atoms with Crippen LogP contribution in [0, 0.1) is 6.92 Å². The van der Waals surface area contributed by atoms with Gasteiger partial charge in [-0.15, -0.1) is 11.3 Å². The maximum atomic E-state index is 11.4. The molecule has 1 aromatic heterocycles. The number of nitrogens with one attached hydrogen (secondary N) is 1. The Morgan fingerprint density at radius 2 is 2.50 bits per heavy atom. The smallest absolute Gasteiger partial charge is 0.234 e. The highest BCUT2D eigenvalue weighted by molar-refractivity contribution is 9.10. The number of nitrogens with zero attached hydrogens (tertiary/aromatic N) is 1. The van der Waals surface area contributed by atoms with Gasteiger partial charge in [0.2, 0.25) is 5.91 Å². The molecule has 0 fully saturated rings. The Morgan fingerprint density at radius 3 is 3.00 bits per heavy atom. The van der Waals surface area contributed by atoms with Gasteiger partial charge in [-0.3, -0.25) is 4.79 Å². The average Bonchev–Trinajstić information content (AvgIpc) is 2.59. The molecule has 0 radical (unpaired) electrons. The third-order valence-electron chi connectivity index (χ3n) is 1.72. The minimum Gasteiger partial charge on any atom is -0.349 e. The fourth-order valence-electron chi connectivity index (χ4n) is 0.943. The molecule has 0 saturated carbocycles. The lowest BCUT2D eigenvalue weighted by atomic mass is 10.3. The zero-order valence-electron chi connectivity index (χ0n) is 8.21. The quantitative estimate of drug-likeness (QED) is 0.858. The lowest BCUT2D eigenvalue weighted by molar-refractivity contribution is -0.120. The number of hydrogen-bond donors (Lipinski definition) is 1. The van der Waals surface area contributed by atoms with Gasteiger partial charge in [-0.1, -0.05) is 22.9 Å². The molecule has 5 heteroatoms. The van der Waals surface area contributed by atoms with E-state index in [4.69, 9.17) is 0 Å². The van der Waals surface area contributed by atoms with Crippen molar-refractivity contribution in [1.29, 1.82) is 0 Å². The van der Waals surface area contributed by atoms with E-state index < -0.39 is 0 Å². The van der Waals surface area contributed by atoms with E-state index >= 15 is 0 Å². The molecule has 14 heavy (non-hydrogen) atoms. The van der Waals surface area contributed by atoms with E-state index in [-0.39, 0.29) is 10.7 Å². The van der Waals surface area contributed by atoms with Gasteiger partial charge >= 0.3 is 0 Å². The molecular formula is C9H13BrN2OS.